The average Bonchev–Trinajstić information content (AvgIpc) is 2.64. The van der Waals surface area contributed by atoms with Crippen LogP contribution in [0, 0.1) is 5.92 Å². The number of nitrogens with zero attached hydrogens (tertiary/aromatic N) is 1. The molecular formula is C14H20FNO3. The van der Waals surface area contributed by atoms with Crippen molar-refractivity contribution in [3.8, 4) is 0 Å². The van der Waals surface area contributed by atoms with E-state index in [1.807, 2.05) is 20.8 Å². The minimum absolute atomic E-state index is 0.206. The second-order valence-electron chi connectivity index (χ2n) is 5.27. The number of carbonyl (C=O) groups is 2. The zero-order valence-corrected chi connectivity index (χ0v) is 11.6. The number of amides is 1. The highest BCUT2D eigenvalue weighted by molar-refractivity contribution is 6.06. The fourth-order valence-corrected chi connectivity index (χ4v) is 2.99. The van der Waals surface area contributed by atoms with E-state index >= 15 is 0 Å². The van der Waals surface area contributed by atoms with Crippen molar-refractivity contribution in [2.45, 2.75) is 58.0 Å². The van der Waals surface area contributed by atoms with Crippen molar-refractivity contribution in [3.63, 3.8) is 0 Å². The molecule has 0 unspecified atom stereocenters. The van der Waals surface area contributed by atoms with Gasteiger partial charge in [0.2, 0.25) is 5.91 Å². The molecular weight excluding hydrogens is 249 g/mol. The van der Waals surface area contributed by atoms with Gasteiger partial charge in [-0.15, -0.1) is 0 Å². The highest BCUT2D eigenvalue weighted by atomic mass is 19.1. The van der Waals surface area contributed by atoms with Gasteiger partial charge in [0, 0.05) is 12.1 Å². The number of carbonyl (C=O) groups excluding carboxylic acids is 2. The van der Waals surface area contributed by atoms with Crippen LogP contribution in [0.1, 0.15) is 40.0 Å². The van der Waals surface area contributed by atoms with Crippen molar-refractivity contribution in [2.75, 3.05) is 0 Å². The van der Waals surface area contributed by atoms with Crippen LogP contribution in [0.15, 0.2) is 12.3 Å². The van der Waals surface area contributed by atoms with Crippen molar-refractivity contribution >= 4 is 11.7 Å². The molecule has 1 amide bonds. The highest BCUT2D eigenvalue weighted by Gasteiger charge is 2.53. The lowest BCUT2D eigenvalue weighted by Gasteiger charge is -2.32. The normalized spacial score (nSPS) is 34.1. The van der Waals surface area contributed by atoms with E-state index in [2.05, 4.69) is 0 Å². The van der Waals surface area contributed by atoms with Crippen molar-refractivity contribution in [2.24, 2.45) is 5.92 Å². The molecule has 0 N–H and O–H groups in total. The summed E-state index contributed by atoms with van der Waals surface area (Å²) in [5, 5.41) is 0. The van der Waals surface area contributed by atoms with Gasteiger partial charge in [-0.3, -0.25) is 14.5 Å². The Hall–Kier alpha value is -1.23. The number of rotatable bonds is 3. The highest BCUT2D eigenvalue weighted by Crippen LogP contribution is 2.44. The fraction of sp³-hybridized carbons (Fsp3) is 0.714. The third-order valence-corrected chi connectivity index (χ3v) is 4.44. The summed E-state index contributed by atoms with van der Waals surface area (Å²) in [4.78, 5) is 24.2. The van der Waals surface area contributed by atoms with Crippen LogP contribution in [0.4, 0.5) is 4.39 Å². The Morgan fingerprint density at radius 2 is 2.05 bits per heavy atom. The third-order valence-electron chi connectivity index (χ3n) is 4.44. The van der Waals surface area contributed by atoms with Crippen molar-refractivity contribution in [3.05, 3.63) is 12.3 Å². The van der Waals surface area contributed by atoms with Crippen LogP contribution in [-0.4, -0.2) is 34.6 Å². The Kier molecular flexibility index (Phi) is 3.76. The van der Waals surface area contributed by atoms with E-state index in [1.54, 1.807) is 0 Å². The SMILES string of the molecule is CCC1(CC)O[C@@H](N2C=CC(=O)CC2=O)[C@@H](F)[C@@H]1C. The largest absolute Gasteiger partial charge is 0.348 e. The van der Waals surface area contributed by atoms with Gasteiger partial charge in [-0.25, -0.2) is 4.39 Å². The number of hydrogen-bond donors (Lipinski definition) is 0. The van der Waals surface area contributed by atoms with E-state index in [4.69, 9.17) is 4.74 Å². The predicted octanol–water partition coefficient (Wildman–Crippen LogP) is 2.19. The van der Waals surface area contributed by atoms with Crippen LogP contribution in [0.25, 0.3) is 0 Å². The lowest BCUT2D eigenvalue weighted by molar-refractivity contribution is -0.153. The number of hydrogen-bond acceptors (Lipinski definition) is 3. The summed E-state index contributed by atoms with van der Waals surface area (Å²) in [5.41, 5.74) is -0.528. The molecule has 0 radical (unpaired) electrons. The summed E-state index contributed by atoms with van der Waals surface area (Å²) in [6.07, 6.45) is 1.70. The zero-order chi connectivity index (χ0) is 14.2. The van der Waals surface area contributed by atoms with Gasteiger partial charge in [-0.05, 0) is 18.9 Å². The number of ether oxygens (including phenoxy) is 1. The van der Waals surface area contributed by atoms with Gasteiger partial charge in [0.05, 0.1) is 12.0 Å². The molecule has 0 aliphatic carbocycles. The Bertz CT molecular complexity index is 417. The molecule has 1 saturated heterocycles. The molecule has 3 atom stereocenters. The molecule has 19 heavy (non-hydrogen) atoms. The van der Waals surface area contributed by atoms with Crippen LogP contribution >= 0.6 is 0 Å². The lowest BCUT2D eigenvalue weighted by Crippen LogP contribution is -2.44. The molecule has 1 fully saturated rings. The molecule has 5 heteroatoms. The molecule has 0 bridgehead atoms. The molecule has 2 rings (SSSR count). The van der Waals surface area contributed by atoms with E-state index in [0.717, 1.165) is 0 Å². The average molecular weight is 269 g/mol. The molecule has 2 aliphatic rings. The van der Waals surface area contributed by atoms with Gasteiger partial charge in [0.15, 0.2) is 18.2 Å². The van der Waals surface area contributed by atoms with Gasteiger partial charge < -0.3 is 4.74 Å². The maximum atomic E-state index is 14.5. The van der Waals surface area contributed by atoms with E-state index in [9.17, 15) is 14.0 Å². The van der Waals surface area contributed by atoms with Gasteiger partial charge in [-0.2, -0.15) is 0 Å². The number of allylic oxidation sites excluding steroid dienone is 1. The first-order valence-corrected chi connectivity index (χ1v) is 6.79. The van der Waals surface area contributed by atoms with Crippen LogP contribution in [-0.2, 0) is 14.3 Å². The molecule has 106 valence electrons. The monoisotopic (exact) mass is 269 g/mol. The second-order valence-corrected chi connectivity index (χ2v) is 5.27. The minimum Gasteiger partial charge on any atom is -0.348 e. The molecule has 0 aromatic carbocycles. The van der Waals surface area contributed by atoms with Crippen molar-refractivity contribution in [1.29, 1.82) is 0 Å². The Labute approximate surface area is 112 Å². The van der Waals surface area contributed by atoms with Gasteiger partial charge in [0.1, 0.15) is 0 Å². The smallest absolute Gasteiger partial charge is 0.236 e. The number of alkyl halides is 1. The molecule has 0 spiro atoms. The molecule has 0 saturated carbocycles. The Balaban J connectivity index is 2.25. The summed E-state index contributed by atoms with van der Waals surface area (Å²) in [7, 11) is 0. The fourth-order valence-electron chi connectivity index (χ4n) is 2.99. The van der Waals surface area contributed by atoms with Crippen LogP contribution < -0.4 is 0 Å². The summed E-state index contributed by atoms with van der Waals surface area (Å²) >= 11 is 0. The first kappa shape index (κ1) is 14.2. The summed E-state index contributed by atoms with van der Waals surface area (Å²) in [6.45, 7) is 5.75. The first-order valence-electron chi connectivity index (χ1n) is 6.79. The van der Waals surface area contributed by atoms with Gasteiger partial charge in [-0.1, -0.05) is 20.8 Å². The Morgan fingerprint density at radius 3 is 2.53 bits per heavy atom. The number of ketones is 1. The summed E-state index contributed by atoms with van der Waals surface area (Å²) in [5.74, 6) is -0.915. The Morgan fingerprint density at radius 1 is 1.42 bits per heavy atom. The maximum absolute atomic E-state index is 14.5. The zero-order valence-electron chi connectivity index (χ0n) is 11.6. The summed E-state index contributed by atoms with van der Waals surface area (Å²) < 4.78 is 20.4. The maximum Gasteiger partial charge on any atom is 0.236 e. The molecule has 2 aliphatic heterocycles. The van der Waals surface area contributed by atoms with E-state index in [0.29, 0.717) is 12.8 Å². The quantitative estimate of drug-likeness (QED) is 0.738. The second kappa shape index (κ2) is 5.04. The predicted molar refractivity (Wildman–Crippen MR) is 67.9 cm³/mol. The van der Waals surface area contributed by atoms with E-state index in [-0.39, 0.29) is 18.1 Å². The topological polar surface area (TPSA) is 46.6 Å². The van der Waals surface area contributed by atoms with E-state index in [1.165, 1.54) is 17.2 Å². The lowest BCUT2D eigenvalue weighted by atomic mass is 9.83. The van der Waals surface area contributed by atoms with E-state index < -0.39 is 23.9 Å². The minimum atomic E-state index is -1.23. The van der Waals surface area contributed by atoms with Crippen molar-refractivity contribution < 1.29 is 18.7 Å². The standard InChI is InChI=1S/C14H20FNO3/c1-4-14(5-2)9(3)12(15)13(19-14)16-7-6-10(17)8-11(16)18/h6-7,9,12-13H,4-5,8H2,1-3H3/t9-,12-,13+/m0/s1. The van der Waals surface area contributed by atoms with Crippen LogP contribution in [0.5, 0.6) is 0 Å². The molecule has 0 aromatic rings. The van der Waals surface area contributed by atoms with Crippen LogP contribution in [0.3, 0.4) is 0 Å². The number of halogens is 1. The van der Waals surface area contributed by atoms with Crippen LogP contribution in [0.2, 0.25) is 0 Å². The molecule has 0 aromatic heterocycles. The first-order chi connectivity index (χ1) is 8.95. The van der Waals surface area contributed by atoms with Gasteiger partial charge in [0.25, 0.3) is 0 Å². The van der Waals surface area contributed by atoms with Crippen molar-refractivity contribution in [1.82, 2.24) is 4.90 Å². The summed E-state index contributed by atoms with van der Waals surface area (Å²) in [6, 6.07) is 0. The molecule has 4 nitrogen and oxygen atoms in total. The van der Waals surface area contributed by atoms with Gasteiger partial charge >= 0.3 is 0 Å². The molecule has 2 heterocycles. The third kappa shape index (κ3) is 2.20.